The van der Waals surface area contributed by atoms with E-state index in [1.807, 2.05) is 0 Å². The third kappa shape index (κ3) is 2.95. The second kappa shape index (κ2) is 6.71. The van der Waals surface area contributed by atoms with Crippen LogP contribution in [0.1, 0.15) is 16.2 Å². The fourth-order valence-corrected chi connectivity index (χ4v) is 2.98. The molecule has 0 unspecified atom stereocenters. The normalized spacial score (nSPS) is 10.6. The summed E-state index contributed by atoms with van der Waals surface area (Å²) in [6.07, 6.45) is 0. The quantitative estimate of drug-likeness (QED) is 0.713. The van der Waals surface area contributed by atoms with E-state index < -0.39 is 5.97 Å². The number of rotatable bonds is 5. The highest BCUT2D eigenvalue weighted by atomic mass is 32.1. The lowest BCUT2D eigenvalue weighted by molar-refractivity contribution is 0.0458. The molecule has 0 amide bonds. The number of carbonyl (C=O) groups excluding carboxylic acids is 1. The Morgan fingerprint density at radius 3 is 2.83 bits per heavy atom. The van der Waals surface area contributed by atoms with E-state index in [9.17, 15) is 9.59 Å². The SMILES string of the molecule is COc1cccc(C(=O)OCc2nc3ccsc3c(=O)[nH]2)c1OC. The zero-order chi connectivity index (χ0) is 17.1. The predicted molar refractivity (Wildman–Crippen MR) is 88.9 cm³/mol. The highest BCUT2D eigenvalue weighted by molar-refractivity contribution is 7.17. The predicted octanol–water partition coefficient (Wildman–Crippen LogP) is 2.36. The number of fused-ring (bicyclic) bond motifs is 1. The molecule has 1 aromatic carbocycles. The molecule has 124 valence electrons. The van der Waals surface area contributed by atoms with Gasteiger partial charge in [-0.1, -0.05) is 6.07 Å². The van der Waals surface area contributed by atoms with Crippen LogP contribution in [0.3, 0.4) is 0 Å². The number of aromatic amines is 1. The smallest absolute Gasteiger partial charge is 0.342 e. The fourth-order valence-electron chi connectivity index (χ4n) is 2.25. The molecule has 3 rings (SSSR count). The van der Waals surface area contributed by atoms with Crippen molar-refractivity contribution in [3.63, 3.8) is 0 Å². The zero-order valence-electron chi connectivity index (χ0n) is 13.0. The number of thiophene rings is 1. The van der Waals surface area contributed by atoms with Gasteiger partial charge < -0.3 is 19.2 Å². The largest absolute Gasteiger partial charge is 0.493 e. The first kappa shape index (κ1) is 16.0. The van der Waals surface area contributed by atoms with Crippen LogP contribution in [0, 0.1) is 0 Å². The first-order valence-electron chi connectivity index (χ1n) is 6.98. The Bertz CT molecular complexity index is 947. The highest BCUT2D eigenvalue weighted by Crippen LogP contribution is 2.31. The number of hydrogen-bond acceptors (Lipinski definition) is 7. The molecule has 0 saturated heterocycles. The Labute approximate surface area is 140 Å². The molecule has 0 atom stereocenters. The number of carbonyl (C=O) groups is 1. The molecule has 0 aliphatic carbocycles. The van der Waals surface area contributed by atoms with Crippen molar-refractivity contribution in [2.75, 3.05) is 14.2 Å². The highest BCUT2D eigenvalue weighted by Gasteiger charge is 2.18. The lowest BCUT2D eigenvalue weighted by Gasteiger charge is -2.11. The maximum Gasteiger partial charge on any atom is 0.342 e. The van der Waals surface area contributed by atoms with Gasteiger partial charge in [-0.05, 0) is 23.6 Å². The van der Waals surface area contributed by atoms with Crippen LogP contribution < -0.4 is 15.0 Å². The molecule has 0 radical (unpaired) electrons. The van der Waals surface area contributed by atoms with Gasteiger partial charge in [0.1, 0.15) is 22.7 Å². The van der Waals surface area contributed by atoms with E-state index >= 15 is 0 Å². The molecular weight excluding hydrogens is 332 g/mol. The molecule has 3 aromatic rings. The van der Waals surface area contributed by atoms with E-state index in [2.05, 4.69) is 9.97 Å². The average Bonchev–Trinajstić information content (AvgIpc) is 3.08. The molecule has 0 aliphatic rings. The minimum atomic E-state index is -0.598. The van der Waals surface area contributed by atoms with Crippen LogP contribution in [0.5, 0.6) is 11.5 Å². The zero-order valence-corrected chi connectivity index (χ0v) is 13.8. The van der Waals surface area contributed by atoms with Gasteiger partial charge in [-0.2, -0.15) is 0 Å². The molecule has 2 aromatic heterocycles. The molecule has 0 aliphatic heterocycles. The maximum atomic E-state index is 12.3. The standard InChI is InChI=1S/C16H14N2O5S/c1-21-11-5-3-4-9(13(11)22-2)16(20)23-8-12-17-10-6-7-24-14(10)15(19)18-12/h3-7H,8H2,1-2H3,(H,17,18,19). The van der Waals surface area contributed by atoms with Gasteiger partial charge in [0.05, 0.1) is 19.7 Å². The minimum absolute atomic E-state index is 0.153. The summed E-state index contributed by atoms with van der Waals surface area (Å²) >= 11 is 1.31. The van der Waals surface area contributed by atoms with Crippen LogP contribution in [-0.4, -0.2) is 30.2 Å². The average molecular weight is 346 g/mol. The number of nitrogens with zero attached hydrogens (tertiary/aromatic N) is 1. The summed E-state index contributed by atoms with van der Waals surface area (Å²) in [5.41, 5.74) is 0.560. The molecule has 1 N–H and O–H groups in total. The van der Waals surface area contributed by atoms with Gasteiger partial charge in [0.15, 0.2) is 11.5 Å². The van der Waals surface area contributed by atoms with Crippen LogP contribution in [0.2, 0.25) is 0 Å². The number of para-hydroxylation sites is 1. The van der Waals surface area contributed by atoms with Gasteiger partial charge in [0.25, 0.3) is 5.56 Å². The van der Waals surface area contributed by atoms with Crippen molar-refractivity contribution in [2.24, 2.45) is 0 Å². The van der Waals surface area contributed by atoms with E-state index in [1.54, 1.807) is 29.6 Å². The summed E-state index contributed by atoms with van der Waals surface area (Å²) in [6.45, 7) is -0.153. The molecule has 8 heteroatoms. The van der Waals surface area contributed by atoms with Crippen LogP contribution in [0.15, 0.2) is 34.4 Å². The van der Waals surface area contributed by atoms with Gasteiger partial charge in [-0.15, -0.1) is 11.3 Å². The molecular formula is C16H14N2O5S. The number of H-pyrrole nitrogens is 1. The van der Waals surface area contributed by atoms with Crippen LogP contribution >= 0.6 is 11.3 Å². The number of nitrogens with one attached hydrogen (secondary N) is 1. The van der Waals surface area contributed by atoms with Crippen LogP contribution in [0.25, 0.3) is 10.2 Å². The molecule has 0 spiro atoms. The molecule has 0 saturated carbocycles. The van der Waals surface area contributed by atoms with E-state index in [1.165, 1.54) is 25.6 Å². The summed E-state index contributed by atoms with van der Waals surface area (Å²) in [5, 5.41) is 1.78. The summed E-state index contributed by atoms with van der Waals surface area (Å²) < 4.78 is 16.1. The molecule has 24 heavy (non-hydrogen) atoms. The number of aromatic nitrogens is 2. The van der Waals surface area contributed by atoms with Crippen molar-refractivity contribution < 1.29 is 19.0 Å². The first-order valence-corrected chi connectivity index (χ1v) is 7.86. The van der Waals surface area contributed by atoms with Gasteiger partial charge in [-0.3, -0.25) is 4.79 Å². The number of benzene rings is 1. The third-order valence-electron chi connectivity index (χ3n) is 3.33. The Morgan fingerprint density at radius 1 is 1.25 bits per heavy atom. The topological polar surface area (TPSA) is 90.5 Å². The lowest BCUT2D eigenvalue weighted by Crippen LogP contribution is -2.14. The van der Waals surface area contributed by atoms with E-state index in [4.69, 9.17) is 14.2 Å². The van der Waals surface area contributed by atoms with Crippen molar-refractivity contribution in [2.45, 2.75) is 6.61 Å². The number of methoxy groups -OCH3 is 2. The third-order valence-corrected chi connectivity index (χ3v) is 4.23. The molecule has 0 bridgehead atoms. The summed E-state index contributed by atoms with van der Waals surface area (Å²) in [7, 11) is 2.93. The first-order chi connectivity index (χ1) is 11.6. The number of esters is 1. The van der Waals surface area contributed by atoms with Gasteiger partial charge >= 0.3 is 5.97 Å². The summed E-state index contributed by atoms with van der Waals surface area (Å²) in [4.78, 5) is 31.1. The van der Waals surface area contributed by atoms with Crippen molar-refractivity contribution in [1.29, 1.82) is 0 Å². The Balaban J connectivity index is 1.81. The van der Waals surface area contributed by atoms with Gasteiger partial charge in [-0.25, -0.2) is 9.78 Å². The van der Waals surface area contributed by atoms with Crippen LogP contribution in [0.4, 0.5) is 0 Å². The Kier molecular flexibility index (Phi) is 4.48. The second-order valence-corrected chi connectivity index (χ2v) is 5.68. The Hall–Kier alpha value is -2.87. The van der Waals surface area contributed by atoms with Gasteiger partial charge in [0.2, 0.25) is 0 Å². The fraction of sp³-hybridized carbons (Fsp3) is 0.188. The minimum Gasteiger partial charge on any atom is -0.493 e. The Morgan fingerprint density at radius 2 is 2.08 bits per heavy atom. The number of hydrogen-bond donors (Lipinski definition) is 1. The summed E-state index contributed by atoms with van der Waals surface area (Å²) in [6, 6.07) is 6.65. The van der Waals surface area contributed by atoms with Crippen molar-refractivity contribution in [1.82, 2.24) is 9.97 Å². The van der Waals surface area contributed by atoms with Crippen molar-refractivity contribution >= 4 is 27.5 Å². The van der Waals surface area contributed by atoms with Crippen molar-refractivity contribution in [3.8, 4) is 11.5 Å². The van der Waals surface area contributed by atoms with E-state index in [-0.39, 0.29) is 23.6 Å². The molecule has 7 nitrogen and oxygen atoms in total. The van der Waals surface area contributed by atoms with Gasteiger partial charge in [0, 0.05) is 0 Å². The molecule has 2 heterocycles. The van der Waals surface area contributed by atoms with Crippen LogP contribution in [-0.2, 0) is 11.3 Å². The van der Waals surface area contributed by atoms with Crippen molar-refractivity contribution in [3.05, 3.63) is 51.4 Å². The lowest BCUT2D eigenvalue weighted by atomic mass is 10.2. The monoisotopic (exact) mass is 346 g/mol. The van der Waals surface area contributed by atoms with E-state index in [0.717, 1.165) is 0 Å². The second-order valence-electron chi connectivity index (χ2n) is 4.76. The maximum absolute atomic E-state index is 12.3. The van der Waals surface area contributed by atoms with E-state index in [0.29, 0.717) is 21.7 Å². The molecule has 0 fully saturated rings. The summed E-state index contributed by atoms with van der Waals surface area (Å²) in [5.74, 6) is 0.401. The number of ether oxygens (including phenoxy) is 3.